The van der Waals surface area contributed by atoms with Gasteiger partial charge in [0.15, 0.2) is 0 Å². The number of hydrogen-bond acceptors (Lipinski definition) is 7. The van der Waals surface area contributed by atoms with E-state index in [4.69, 9.17) is 14.2 Å². The summed E-state index contributed by atoms with van der Waals surface area (Å²) >= 11 is 0. The summed E-state index contributed by atoms with van der Waals surface area (Å²) in [7, 11) is -1.28. The second kappa shape index (κ2) is 13.0. The number of hydrogen-bond donors (Lipinski definition) is 2. The Morgan fingerprint density at radius 1 is 1.14 bits per heavy atom. The van der Waals surface area contributed by atoms with Crippen molar-refractivity contribution in [3.63, 3.8) is 0 Å². The molecule has 3 amide bonds. The molecule has 2 aliphatic heterocycles. The van der Waals surface area contributed by atoms with Gasteiger partial charge in [0.2, 0.25) is 11.8 Å². The minimum Gasteiger partial charge on any atom is -0.446 e. The molecular formula is C31H48N4O6Si. The number of rotatable bonds is 10. The van der Waals surface area contributed by atoms with Crippen molar-refractivity contribution in [1.82, 2.24) is 10.3 Å². The van der Waals surface area contributed by atoms with Crippen LogP contribution in [0.1, 0.15) is 70.3 Å². The summed E-state index contributed by atoms with van der Waals surface area (Å²) in [6.45, 7) is 10.9. The quantitative estimate of drug-likeness (QED) is 0.280. The average molecular weight is 601 g/mol. The molecule has 11 heteroatoms. The second-order valence-electron chi connectivity index (χ2n) is 14.0. The molecule has 3 fully saturated rings. The molecule has 1 spiro atoms. The third kappa shape index (κ3) is 7.00. The molecule has 2 N–H and O–H groups in total. The Morgan fingerprint density at radius 2 is 1.86 bits per heavy atom. The molecule has 2 aliphatic carbocycles. The highest BCUT2D eigenvalue weighted by molar-refractivity contribution is 6.76. The van der Waals surface area contributed by atoms with Crippen LogP contribution in [0.5, 0.6) is 0 Å². The minimum absolute atomic E-state index is 0.00804. The van der Waals surface area contributed by atoms with E-state index in [2.05, 4.69) is 42.2 Å². The van der Waals surface area contributed by atoms with E-state index in [1.807, 2.05) is 0 Å². The lowest BCUT2D eigenvalue weighted by molar-refractivity contribution is -0.127. The van der Waals surface area contributed by atoms with Crippen LogP contribution in [0.3, 0.4) is 0 Å². The zero-order valence-corrected chi connectivity index (χ0v) is 26.7. The first kappa shape index (κ1) is 30.9. The Labute approximate surface area is 250 Å². The molecule has 1 aromatic heterocycles. The van der Waals surface area contributed by atoms with E-state index in [0.717, 1.165) is 62.2 Å². The summed E-state index contributed by atoms with van der Waals surface area (Å²) in [5, 5.41) is 5.85. The van der Waals surface area contributed by atoms with Crippen LogP contribution in [0.15, 0.2) is 12.3 Å². The minimum atomic E-state index is -1.28. The van der Waals surface area contributed by atoms with Crippen LogP contribution >= 0.6 is 0 Å². The first-order valence-electron chi connectivity index (χ1n) is 15.8. The normalized spacial score (nSPS) is 24.6. The fourth-order valence-electron chi connectivity index (χ4n) is 6.48. The standard InChI is InChI=1S/C31H48N4O6Si/c1-21-8-10-22(11-9-21)27(34-30(38)41-23-6-5-7-23)28(36)33-26-18-25-24(19-32-26)31(12-14-39-15-13-31)29(37)35(25)20-40-16-17-42(2,3)4/h18-19,21-23,27H,5-17,20H2,1-4H3,(H,34,38)(H,32,33,36)/t21?,22?,27-/m0/s1. The van der Waals surface area contributed by atoms with Crippen molar-refractivity contribution in [2.45, 2.75) is 108 Å². The Kier molecular flexibility index (Phi) is 9.58. The van der Waals surface area contributed by atoms with E-state index in [9.17, 15) is 14.4 Å². The van der Waals surface area contributed by atoms with Crippen molar-refractivity contribution >= 4 is 37.5 Å². The molecule has 42 heavy (non-hydrogen) atoms. The van der Waals surface area contributed by atoms with E-state index in [0.29, 0.717) is 44.4 Å². The molecule has 232 valence electrons. The van der Waals surface area contributed by atoms with E-state index in [1.54, 1.807) is 17.2 Å². The van der Waals surface area contributed by atoms with Gasteiger partial charge in [0, 0.05) is 45.7 Å². The number of ether oxygens (including phenoxy) is 3. The fraction of sp³-hybridized carbons (Fsp3) is 0.742. The van der Waals surface area contributed by atoms with Crippen molar-refractivity contribution in [3.05, 3.63) is 17.8 Å². The maximum atomic E-state index is 13.9. The van der Waals surface area contributed by atoms with Gasteiger partial charge in [-0.1, -0.05) is 39.4 Å². The number of nitrogens with zero attached hydrogens (tertiary/aromatic N) is 2. The molecular weight excluding hydrogens is 552 g/mol. The summed E-state index contributed by atoms with van der Waals surface area (Å²) in [6, 6.07) is 2.07. The lowest BCUT2D eigenvalue weighted by Gasteiger charge is -2.33. The van der Waals surface area contributed by atoms with Gasteiger partial charge in [0.1, 0.15) is 24.7 Å². The molecule has 4 aliphatic rings. The van der Waals surface area contributed by atoms with Crippen LogP contribution in [-0.4, -0.2) is 69.7 Å². The number of carbonyl (C=O) groups excluding carboxylic acids is 3. The Balaban J connectivity index is 1.34. The van der Waals surface area contributed by atoms with Crippen LogP contribution in [0.4, 0.5) is 16.3 Å². The molecule has 0 bridgehead atoms. The molecule has 2 saturated carbocycles. The molecule has 1 aromatic rings. The van der Waals surface area contributed by atoms with Gasteiger partial charge in [0.05, 0.1) is 11.1 Å². The van der Waals surface area contributed by atoms with Gasteiger partial charge < -0.3 is 24.8 Å². The Hall–Kier alpha value is -2.50. The molecule has 0 aromatic carbocycles. The number of nitrogens with one attached hydrogen (secondary N) is 2. The monoisotopic (exact) mass is 600 g/mol. The van der Waals surface area contributed by atoms with Gasteiger partial charge in [-0.15, -0.1) is 0 Å². The predicted molar refractivity (Wildman–Crippen MR) is 163 cm³/mol. The number of amides is 3. The summed E-state index contributed by atoms with van der Waals surface area (Å²) in [6.07, 6.45) is 8.88. The molecule has 10 nitrogen and oxygen atoms in total. The number of anilines is 2. The summed E-state index contributed by atoms with van der Waals surface area (Å²) in [5.74, 6) is 0.683. The Morgan fingerprint density at radius 3 is 2.50 bits per heavy atom. The molecule has 0 unspecified atom stereocenters. The highest BCUT2D eigenvalue weighted by Gasteiger charge is 2.52. The highest BCUT2D eigenvalue weighted by Crippen LogP contribution is 2.48. The van der Waals surface area contributed by atoms with Gasteiger partial charge in [-0.3, -0.25) is 14.5 Å². The fourth-order valence-corrected chi connectivity index (χ4v) is 7.23. The van der Waals surface area contributed by atoms with Crippen molar-refractivity contribution in [2.24, 2.45) is 11.8 Å². The third-order valence-electron chi connectivity index (χ3n) is 9.57. The number of pyridine rings is 1. The summed E-state index contributed by atoms with van der Waals surface area (Å²) in [5.41, 5.74) is 0.905. The van der Waals surface area contributed by atoms with Gasteiger partial charge >= 0.3 is 6.09 Å². The van der Waals surface area contributed by atoms with Crippen LogP contribution < -0.4 is 15.5 Å². The maximum Gasteiger partial charge on any atom is 0.408 e. The number of fused-ring (bicyclic) bond motifs is 2. The largest absolute Gasteiger partial charge is 0.446 e. The van der Waals surface area contributed by atoms with Crippen molar-refractivity contribution in [1.29, 1.82) is 0 Å². The topological polar surface area (TPSA) is 119 Å². The molecule has 0 radical (unpaired) electrons. The average Bonchev–Trinajstić information content (AvgIpc) is 3.14. The van der Waals surface area contributed by atoms with Crippen LogP contribution in [0.2, 0.25) is 25.7 Å². The molecule has 3 heterocycles. The summed E-state index contributed by atoms with van der Waals surface area (Å²) < 4.78 is 17.2. The van der Waals surface area contributed by atoms with Crippen molar-refractivity contribution in [2.75, 3.05) is 36.8 Å². The highest BCUT2D eigenvalue weighted by atomic mass is 28.3. The summed E-state index contributed by atoms with van der Waals surface area (Å²) in [4.78, 5) is 46.6. The van der Waals surface area contributed by atoms with Gasteiger partial charge in [-0.2, -0.15) is 0 Å². The lowest BCUT2D eigenvalue weighted by atomic mass is 9.76. The molecule has 5 rings (SSSR count). The zero-order valence-electron chi connectivity index (χ0n) is 25.7. The van der Waals surface area contributed by atoms with E-state index < -0.39 is 25.6 Å². The van der Waals surface area contributed by atoms with E-state index in [1.165, 1.54) is 0 Å². The van der Waals surface area contributed by atoms with Crippen LogP contribution in [0.25, 0.3) is 0 Å². The van der Waals surface area contributed by atoms with Gasteiger partial charge in [-0.25, -0.2) is 9.78 Å². The van der Waals surface area contributed by atoms with E-state index >= 15 is 0 Å². The smallest absolute Gasteiger partial charge is 0.408 e. The second-order valence-corrected chi connectivity index (χ2v) is 19.6. The molecule has 1 atom stereocenters. The lowest BCUT2D eigenvalue weighted by Crippen LogP contribution is -2.50. The van der Waals surface area contributed by atoms with Crippen LogP contribution in [-0.2, 0) is 29.2 Å². The van der Waals surface area contributed by atoms with Crippen LogP contribution in [0, 0.1) is 11.8 Å². The first-order chi connectivity index (χ1) is 20.1. The number of carbonyl (C=O) groups is 3. The zero-order chi connectivity index (χ0) is 29.9. The third-order valence-corrected chi connectivity index (χ3v) is 11.3. The van der Waals surface area contributed by atoms with Crippen molar-refractivity contribution in [3.8, 4) is 0 Å². The first-order valence-corrected chi connectivity index (χ1v) is 19.5. The number of alkyl carbamates (subject to hydrolysis) is 1. The SMILES string of the molecule is CC1CCC([C@H](NC(=O)OC2CCC2)C(=O)Nc2cc3c(cn2)C2(CCOCC2)C(=O)N3COCC[Si](C)(C)C)CC1. The van der Waals surface area contributed by atoms with E-state index in [-0.39, 0.29) is 30.6 Å². The number of aromatic nitrogens is 1. The maximum absolute atomic E-state index is 13.9. The van der Waals surface area contributed by atoms with Gasteiger partial charge in [0.25, 0.3) is 0 Å². The molecule has 1 saturated heterocycles. The predicted octanol–water partition coefficient (Wildman–Crippen LogP) is 5.20. The Bertz CT molecular complexity index is 1140. The van der Waals surface area contributed by atoms with Gasteiger partial charge in [-0.05, 0) is 62.8 Å². The van der Waals surface area contributed by atoms with Crippen molar-refractivity contribution < 1.29 is 28.6 Å².